The monoisotopic (exact) mass is 230 g/mol. The molecule has 1 unspecified atom stereocenters. The van der Waals surface area contributed by atoms with Crippen LogP contribution >= 0.6 is 0 Å². The lowest BCUT2D eigenvalue weighted by molar-refractivity contribution is 0.314. The van der Waals surface area contributed by atoms with Gasteiger partial charge in [0, 0.05) is 5.92 Å². The Hall–Kier alpha value is -1.51. The summed E-state index contributed by atoms with van der Waals surface area (Å²) in [7, 11) is 0. The summed E-state index contributed by atoms with van der Waals surface area (Å²) >= 11 is 0. The lowest BCUT2D eigenvalue weighted by Crippen LogP contribution is -2.21. The van der Waals surface area contributed by atoms with Gasteiger partial charge < -0.3 is 10.9 Å². The summed E-state index contributed by atoms with van der Waals surface area (Å²) in [5.74, 6) is 0.605. The molecule has 0 aliphatic heterocycles. The molecule has 3 nitrogen and oxygen atoms in total. The summed E-state index contributed by atoms with van der Waals surface area (Å²) in [4.78, 5) is 0. The first kappa shape index (κ1) is 10.6. The summed E-state index contributed by atoms with van der Waals surface area (Å²) in [6.07, 6.45) is 11.3. The summed E-state index contributed by atoms with van der Waals surface area (Å²) < 4.78 is 0. The van der Waals surface area contributed by atoms with Crippen molar-refractivity contribution in [3.63, 3.8) is 0 Å². The Morgan fingerprint density at radius 2 is 2.06 bits per heavy atom. The summed E-state index contributed by atoms with van der Waals surface area (Å²) in [6, 6.07) is 0. The topological polar surface area (TPSA) is 58.6 Å². The molecule has 3 N–H and O–H groups in total. The van der Waals surface area contributed by atoms with Crippen molar-refractivity contribution < 1.29 is 5.21 Å². The quantitative estimate of drug-likeness (QED) is 0.315. The van der Waals surface area contributed by atoms with E-state index in [-0.39, 0.29) is 5.92 Å². The molecule has 0 amide bonds. The SMILES string of the molecule is NC(=NO)C1CC2=C(C1)C1=C(CCC=C1)CC2. The molecule has 0 aromatic rings. The molecular formula is C14H18N2O. The van der Waals surface area contributed by atoms with Crippen molar-refractivity contribution in [2.75, 3.05) is 0 Å². The molecule has 3 heteroatoms. The van der Waals surface area contributed by atoms with E-state index in [0.29, 0.717) is 5.84 Å². The van der Waals surface area contributed by atoms with Crippen molar-refractivity contribution in [2.45, 2.75) is 38.5 Å². The first-order valence-corrected chi connectivity index (χ1v) is 6.37. The van der Waals surface area contributed by atoms with Gasteiger partial charge in [-0.25, -0.2) is 0 Å². The van der Waals surface area contributed by atoms with Crippen LogP contribution in [0, 0.1) is 5.92 Å². The number of nitrogens with two attached hydrogens (primary N) is 1. The van der Waals surface area contributed by atoms with E-state index in [1.807, 2.05) is 0 Å². The average Bonchev–Trinajstić information content (AvgIpc) is 2.82. The summed E-state index contributed by atoms with van der Waals surface area (Å²) in [6.45, 7) is 0. The third kappa shape index (κ3) is 1.70. The van der Waals surface area contributed by atoms with Gasteiger partial charge in [-0.3, -0.25) is 0 Å². The van der Waals surface area contributed by atoms with Crippen molar-refractivity contribution in [3.05, 3.63) is 34.4 Å². The minimum Gasteiger partial charge on any atom is -0.409 e. The lowest BCUT2D eigenvalue weighted by atomic mass is 9.82. The second kappa shape index (κ2) is 4.06. The van der Waals surface area contributed by atoms with Gasteiger partial charge in [-0.1, -0.05) is 28.5 Å². The zero-order valence-corrected chi connectivity index (χ0v) is 9.95. The molecule has 0 bridgehead atoms. The van der Waals surface area contributed by atoms with E-state index in [1.165, 1.54) is 42.4 Å². The number of fused-ring (bicyclic) bond motifs is 1. The zero-order chi connectivity index (χ0) is 11.8. The van der Waals surface area contributed by atoms with Crippen LogP contribution in [0.2, 0.25) is 0 Å². The fraction of sp³-hybridized carbons (Fsp3) is 0.500. The highest BCUT2D eigenvalue weighted by molar-refractivity contribution is 5.84. The van der Waals surface area contributed by atoms with Crippen molar-refractivity contribution in [1.29, 1.82) is 0 Å². The van der Waals surface area contributed by atoms with Gasteiger partial charge in [-0.2, -0.15) is 0 Å². The van der Waals surface area contributed by atoms with Crippen molar-refractivity contribution in [1.82, 2.24) is 0 Å². The van der Waals surface area contributed by atoms with Gasteiger partial charge in [0.05, 0.1) is 0 Å². The average molecular weight is 230 g/mol. The number of nitrogens with zero attached hydrogens (tertiary/aromatic N) is 1. The predicted octanol–water partition coefficient (Wildman–Crippen LogP) is 2.88. The molecule has 0 spiro atoms. The fourth-order valence-electron chi connectivity index (χ4n) is 3.31. The van der Waals surface area contributed by atoms with E-state index in [9.17, 15) is 0 Å². The van der Waals surface area contributed by atoms with Crippen LogP contribution in [0.15, 0.2) is 39.6 Å². The molecule has 3 aliphatic rings. The lowest BCUT2D eigenvalue weighted by Gasteiger charge is -2.23. The smallest absolute Gasteiger partial charge is 0.142 e. The van der Waals surface area contributed by atoms with Crippen LogP contribution in [0.1, 0.15) is 38.5 Å². The Labute approximate surface area is 101 Å². The Morgan fingerprint density at radius 3 is 2.88 bits per heavy atom. The third-order valence-corrected chi connectivity index (χ3v) is 4.24. The normalized spacial score (nSPS) is 28.5. The maximum absolute atomic E-state index is 8.78. The standard InChI is InChI=1S/C14H18N2O/c15-14(16-17)11-7-10-6-5-9-3-1-2-4-12(9)13(10)8-11/h2,4,11,17H,1,3,5-8H2,(H2,15,16). The van der Waals surface area contributed by atoms with Gasteiger partial charge in [0.2, 0.25) is 0 Å². The minimum atomic E-state index is 0.215. The van der Waals surface area contributed by atoms with Crippen LogP contribution in [-0.2, 0) is 0 Å². The van der Waals surface area contributed by atoms with E-state index in [1.54, 1.807) is 5.57 Å². The molecule has 0 aromatic carbocycles. The van der Waals surface area contributed by atoms with Crippen LogP contribution in [0.25, 0.3) is 0 Å². The largest absolute Gasteiger partial charge is 0.409 e. The first-order chi connectivity index (χ1) is 8.29. The van der Waals surface area contributed by atoms with Crippen LogP contribution in [0.5, 0.6) is 0 Å². The number of allylic oxidation sites excluding steroid dienone is 6. The maximum atomic E-state index is 8.78. The van der Waals surface area contributed by atoms with Gasteiger partial charge in [0.15, 0.2) is 0 Å². The van der Waals surface area contributed by atoms with E-state index >= 15 is 0 Å². The Bertz CT molecular complexity index is 469. The Morgan fingerprint density at radius 1 is 1.24 bits per heavy atom. The van der Waals surface area contributed by atoms with E-state index in [4.69, 9.17) is 10.9 Å². The number of amidine groups is 1. The molecule has 17 heavy (non-hydrogen) atoms. The molecule has 3 aliphatic carbocycles. The van der Waals surface area contributed by atoms with Gasteiger partial charge in [0.1, 0.15) is 5.84 Å². The van der Waals surface area contributed by atoms with E-state index in [2.05, 4.69) is 17.3 Å². The molecule has 0 aromatic heterocycles. The molecule has 1 atom stereocenters. The molecule has 90 valence electrons. The van der Waals surface area contributed by atoms with Crippen LogP contribution < -0.4 is 5.73 Å². The van der Waals surface area contributed by atoms with Gasteiger partial charge in [-0.15, -0.1) is 0 Å². The Kier molecular flexibility index (Phi) is 2.54. The van der Waals surface area contributed by atoms with E-state index in [0.717, 1.165) is 12.8 Å². The van der Waals surface area contributed by atoms with Gasteiger partial charge in [0.25, 0.3) is 0 Å². The highest BCUT2D eigenvalue weighted by Crippen LogP contribution is 2.45. The maximum Gasteiger partial charge on any atom is 0.142 e. The molecule has 0 heterocycles. The number of oxime groups is 1. The van der Waals surface area contributed by atoms with Crippen molar-refractivity contribution in [2.24, 2.45) is 16.8 Å². The molecule has 0 saturated heterocycles. The zero-order valence-electron chi connectivity index (χ0n) is 9.95. The van der Waals surface area contributed by atoms with Crippen LogP contribution in [-0.4, -0.2) is 11.0 Å². The number of hydrogen-bond acceptors (Lipinski definition) is 2. The number of hydrogen-bond donors (Lipinski definition) is 2. The fourth-order valence-corrected chi connectivity index (χ4v) is 3.31. The highest BCUT2D eigenvalue weighted by atomic mass is 16.4. The molecular weight excluding hydrogens is 212 g/mol. The van der Waals surface area contributed by atoms with Gasteiger partial charge >= 0.3 is 0 Å². The van der Waals surface area contributed by atoms with Gasteiger partial charge in [-0.05, 0) is 49.7 Å². The minimum absolute atomic E-state index is 0.215. The van der Waals surface area contributed by atoms with Crippen LogP contribution in [0.4, 0.5) is 0 Å². The van der Waals surface area contributed by atoms with Crippen molar-refractivity contribution >= 4 is 5.84 Å². The Balaban J connectivity index is 1.89. The highest BCUT2D eigenvalue weighted by Gasteiger charge is 2.31. The second-order valence-corrected chi connectivity index (χ2v) is 5.17. The summed E-state index contributed by atoms with van der Waals surface area (Å²) in [5.41, 5.74) is 11.8. The molecule has 0 radical (unpaired) electrons. The molecule has 0 saturated carbocycles. The van der Waals surface area contributed by atoms with E-state index < -0.39 is 0 Å². The molecule has 3 rings (SSSR count). The molecule has 0 fully saturated rings. The first-order valence-electron chi connectivity index (χ1n) is 6.37. The third-order valence-electron chi connectivity index (χ3n) is 4.24. The second-order valence-electron chi connectivity index (χ2n) is 5.17. The number of rotatable bonds is 1. The van der Waals surface area contributed by atoms with Crippen LogP contribution in [0.3, 0.4) is 0 Å². The van der Waals surface area contributed by atoms with Crippen molar-refractivity contribution in [3.8, 4) is 0 Å². The summed E-state index contributed by atoms with van der Waals surface area (Å²) in [5, 5.41) is 11.9. The predicted molar refractivity (Wildman–Crippen MR) is 67.8 cm³/mol.